The number of aryl methyl sites for hydroxylation is 1. The summed E-state index contributed by atoms with van der Waals surface area (Å²) in [6, 6.07) is 5.15. The van der Waals surface area contributed by atoms with Gasteiger partial charge in [-0.25, -0.2) is 9.07 Å². The standard InChI is InChI=1S/C16H21ClFN3/c1-5-9-19-10(2)13-7-6-8-14(18)16(13)21-12(4)15(17)11(3)20-21/h6-8,10,19H,5,9H2,1-4H3. The van der Waals surface area contributed by atoms with Gasteiger partial charge in [0.15, 0.2) is 0 Å². The minimum absolute atomic E-state index is 0.0401. The van der Waals surface area contributed by atoms with E-state index in [1.807, 2.05) is 26.8 Å². The molecule has 0 radical (unpaired) electrons. The van der Waals surface area contributed by atoms with Crippen LogP contribution in [0.4, 0.5) is 4.39 Å². The Morgan fingerprint density at radius 3 is 2.67 bits per heavy atom. The zero-order valence-corrected chi connectivity index (χ0v) is 13.6. The molecule has 0 amide bonds. The van der Waals surface area contributed by atoms with E-state index in [0.29, 0.717) is 16.4 Å². The van der Waals surface area contributed by atoms with Gasteiger partial charge < -0.3 is 5.32 Å². The van der Waals surface area contributed by atoms with E-state index in [2.05, 4.69) is 17.3 Å². The number of benzene rings is 1. The van der Waals surface area contributed by atoms with Gasteiger partial charge in [-0.1, -0.05) is 30.7 Å². The van der Waals surface area contributed by atoms with E-state index in [-0.39, 0.29) is 11.9 Å². The lowest BCUT2D eigenvalue weighted by Gasteiger charge is -2.19. The second-order valence-corrected chi connectivity index (χ2v) is 5.63. The average Bonchev–Trinajstić information content (AvgIpc) is 2.72. The van der Waals surface area contributed by atoms with Gasteiger partial charge in [0.05, 0.1) is 16.4 Å². The van der Waals surface area contributed by atoms with E-state index in [1.54, 1.807) is 10.7 Å². The number of hydrogen-bond donors (Lipinski definition) is 1. The third kappa shape index (κ3) is 3.11. The van der Waals surface area contributed by atoms with Crippen LogP contribution in [0.3, 0.4) is 0 Å². The lowest BCUT2D eigenvalue weighted by atomic mass is 10.1. The Morgan fingerprint density at radius 2 is 2.10 bits per heavy atom. The minimum atomic E-state index is -0.292. The lowest BCUT2D eigenvalue weighted by Crippen LogP contribution is -2.21. The molecular formula is C16H21ClFN3. The van der Waals surface area contributed by atoms with E-state index < -0.39 is 0 Å². The number of halogens is 2. The van der Waals surface area contributed by atoms with Crippen molar-refractivity contribution in [1.29, 1.82) is 0 Å². The summed E-state index contributed by atoms with van der Waals surface area (Å²) < 4.78 is 16.0. The lowest BCUT2D eigenvalue weighted by molar-refractivity contribution is 0.552. The van der Waals surface area contributed by atoms with Crippen LogP contribution in [-0.2, 0) is 0 Å². The number of rotatable bonds is 5. The second kappa shape index (κ2) is 6.58. The molecule has 0 saturated heterocycles. The summed E-state index contributed by atoms with van der Waals surface area (Å²) in [6.07, 6.45) is 1.03. The van der Waals surface area contributed by atoms with Crippen molar-refractivity contribution in [2.75, 3.05) is 6.54 Å². The van der Waals surface area contributed by atoms with Gasteiger partial charge >= 0.3 is 0 Å². The van der Waals surface area contributed by atoms with E-state index in [1.165, 1.54) is 6.07 Å². The second-order valence-electron chi connectivity index (χ2n) is 5.25. The molecule has 0 spiro atoms. The molecule has 5 heteroatoms. The fourth-order valence-corrected chi connectivity index (χ4v) is 2.53. The van der Waals surface area contributed by atoms with Gasteiger partial charge in [0.2, 0.25) is 0 Å². The van der Waals surface area contributed by atoms with Crippen molar-refractivity contribution in [2.45, 2.75) is 40.2 Å². The number of nitrogens with one attached hydrogen (secondary N) is 1. The summed E-state index contributed by atoms with van der Waals surface area (Å²) in [5.41, 5.74) is 2.81. The predicted molar refractivity (Wildman–Crippen MR) is 84.7 cm³/mol. The Kier molecular flexibility index (Phi) is 5.01. The molecule has 3 nitrogen and oxygen atoms in total. The van der Waals surface area contributed by atoms with Crippen molar-refractivity contribution in [3.8, 4) is 5.69 Å². The summed E-state index contributed by atoms with van der Waals surface area (Å²) >= 11 is 6.19. The normalized spacial score (nSPS) is 12.7. The molecule has 2 aromatic rings. The number of aromatic nitrogens is 2. The van der Waals surface area contributed by atoms with Crippen LogP contribution in [0, 0.1) is 19.7 Å². The van der Waals surface area contributed by atoms with Crippen LogP contribution in [0.1, 0.15) is 43.3 Å². The van der Waals surface area contributed by atoms with Crippen LogP contribution in [0.5, 0.6) is 0 Å². The van der Waals surface area contributed by atoms with Crippen LogP contribution < -0.4 is 5.32 Å². The summed E-state index contributed by atoms with van der Waals surface area (Å²) in [6.45, 7) is 8.69. The summed E-state index contributed by atoms with van der Waals surface area (Å²) in [5.74, 6) is -0.292. The van der Waals surface area contributed by atoms with Gasteiger partial charge in [0, 0.05) is 6.04 Å². The minimum Gasteiger partial charge on any atom is -0.310 e. The average molecular weight is 310 g/mol. The van der Waals surface area contributed by atoms with Crippen LogP contribution in [0.25, 0.3) is 5.69 Å². The monoisotopic (exact) mass is 309 g/mol. The van der Waals surface area contributed by atoms with Crippen LogP contribution >= 0.6 is 11.6 Å². The Balaban J connectivity index is 2.54. The molecule has 0 bridgehead atoms. The number of nitrogens with zero attached hydrogens (tertiary/aromatic N) is 2. The van der Waals surface area contributed by atoms with Gasteiger partial charge in [-0.05, 0) is 45.4 Å². The van der Waals surface area contributed by atoms with Crippen molar-refractivity contribution in [2.24, 2.45) is 0 Å². The van der Waals surface area contributed by atoms with E-state index in [4.69, 9.17) is 11.6 Å². The molecular weight excluding hydrogens is 289 g/mol. The molecule has 0 aliphatic rings. The first-order valence-electron chi connectivity index (χ1n) is 7.21. The van der Waals surface area contributed by atoms with E-state index in [9.17, 15) is 4.39 Å². The molecule has 21 heavy (non-hydrogen) atoms. The first-order valence-corrected chi connectivity index (χ1v) is 7.59. The summed E-state index contributed by atoms with van der Waals surface area (Å²) in [4.78, 5) is 0. The molecule has 1 aromatic heterocycles. The summed E-state index contributed by atoms with van der Waals surface area (Å²) in [5, 5.41) is 8.35. The molecule has 114 valence electrons. The highest BCUT2D eigenvalue weighted by molar-refractivity contribution is 6.31. The zero-order chi connectivity index (χ0) is 15.6. The smallest absolute Gasteiger partial charge is 0.149 e. The van der Waals surface area contributed by atoms with E-state index in [0.717, 1.165) is 24.2 Å². The highest BCUT2D eigenvalue weighted by Gasteiger charge is 2.19. The Bertz CT molecular complexity index is 637. The fourth-order valence-electron chi connectivity index (χ4n) is 2.42. The van der Waals surface area contributed by atoms with Crippen molar-refractivity contribution in [1.82, 2.24) is 15.1 Å². The Hall–Kier alpha value is -1.39. The first kappa shape index (κ1) is 16.0. The first-order chi connectivity index (χ1) is 9.97. The third-order valence-corrected chi connectivity index (χ3v) is 4.15. The number of hydrogen-bond acceptors (Lipinski definition) is 2. The Labute approximate surface area is 130 Å². The molecule has 0 aliphatic heterocycles. The third-order valence-electron chi connectivity index (χ3n) is 3.60. The maximum absolute atomic E-state index is 14.4. The molecule has 1 heterocycles. The molecule has 1 atom stereocenters. The molecule has 1 unspecified atom stereocenters. The fraction of sp³-hybridized carbons (Fsp3) is 0.438. The Morgan fingerprint density at radius 1 is 1.38 bits per heavy atom. The molecule has 1 aromatic carbocycles. The molecule has 0 fully saturated rings. The predicted octanol–water partition coefficient (Wildman–Crippen LogP) is 4.34. The van der Waals surface area contributed by atoms with Crippen molar-refractivity contribution in [3.63, 3.8) is 0 Å². The van der Waals surface area contributed by atoms with Gasteiger partial charge in [-0.2, -0.15) is 5.10 Å². The van der Waals surface area contributed by atoms with Gasteiger partial charge in [0.1, 0.15) is 11.5 Å². The van der Waals surface area contributed by atoms with Crippen LogP contribution in [0.15, 0.2) is 18.2 Å². The highest BCUT2D eigenvalue weighted by atomic mass is 35.5. The quantitative estimate of drug-likeness (QED) is 0.890. The van der Waals surface area contributed by atoms with Crippen LogP contribution in [0.2, 0.25) is 5.02 Å². The van der Waals surface area contributed by atoms with Crippen molar-refractivity contribution >= 4 is 11.6 Å². The maximum atomic E-state index is 14.4. The highest BCUT2D eigenvalue weighted by Crippen LogP contribution is 2.29. The molecule has 2 rings (SSSR count). The number of para-hydroxylation sites is 1. The molecule has 0 aliphatic carbocycles. The molecule has 1 N–H and O–H groups in total. The van der Waals surface area contributed by atoms with Crippen molar-refractivity contribution in [3.05, 3.63) is 46.0 Å². The van der Waals surface area contributed by atoms with Crippen LogP contribution in [-0.4, -0.2) is 16.3 Å². The van der Waals surface area contributed by atoms with Crippen molar-refractivity contribution < 1.29 is 4.39 Å². The zero-order valence-electron chi connectivity index (χ0n) is 12.9. The van der Waals surface area contributed by atoms with Gasteiger partial charge in [-0.15, -0.1) is 0 Å². The van der Waals surface area contributed by atoms with E-state index >= 15 is 0 Å². The van der Waals surface area contributed by atoms with Gasteiger partial charge in [0.25, 0.3) is 0 Å². The van der Waals surface area contributed by atoms with Gasteiger partial charge in [-0.3, -0.25) is 0 Å². The summed E-state index contributed by atoms with van der Waals surface area (Å²) in [7, 11) is 0. The topological polar surface area (TPSA) is 29.9 Å². The SMILES string of the molecule is CCCNC(C)c1cccc(F)c1-n1nc(C)c(Cl)c1C. The molecule has 0 saturated carbocycles. The maximum Gasteiger partial charge on any atom is 0.149 e. The largest absolute Gasteiger partial charge is 0.310 e.